The van der Waals surface area contributed by atoms with Gasteiger partial charge in [-0.1, -0.05) is 84.0 Å². The van der Waals surface area contributed by atoms with E-state index >= 15 is 0 Å². The fraction of sp³-hybridized carbons (Fsp3) is 0.850. The van der Waals surface area contributed by atoms with E-state index in [1.165, 1.54) is 77.0 Å². The smallest absolute Gasteiger partial charge is 0.289 e. The topological polar surface area (TPSA) is 53.0 Å². The van der Waals surface area contributed by atoms with Gasteiger partial charge in [0.2, 0.25) is 0 Å². The quantitative estimate of drug-likeness (QED) is 0.489. The summed E-state index contributed by atoms with van der Waals surface area (Å²) in [5.41, 5.74) is 7.25. The molecule has 1 heterocycles. The van der Waals surface area contributed by atoms with E-state index in [-0.39, 0.29) is 5.56 Å². The van der Waals surface area contributed by atoms with Crippen molar-refractivity contribution in [3.05, 3.63) is 16.0 Å². The van der Waals surface area contributed by atoms with Gasteiger partial charge in [-0.15, -0.1) is 0 Å². The average molecular weight is 338 g/mol. The number of unbranched alkanes of at least 4 members (excludes halogenated alkanes) is 12. The SMILES string of the molecule is CCCCCCCCCCCCCCCc1c(N)c(=O)n(C)n1C. The highest BCUT2D eigenvalue weighted by Crippen LogP contribution is 2.15. The number of nitrogen functional groups attached to an aromatic ring is 1. The van der Waals surface area contributed by atoms with Crippen LogP contribution in [-0.2, 0) is 20.5 Å². The molecule has 0 atom stereocenters. The first kappa shape index (κ1) is 20.9. The highest BCUT2D eigenvalue weighted by Gasteiger charge is 2.11. The van der Waals surface area contributed by atoms with Gasteiger partial charge in [0.25, 0.3) is 5.56 Å². The van der Waals surface area contributed by atoms with Gasteiger partial charge in [-0.25, -0.2) is 0 Å². The van der Waals surface area contributed by atoms with Crippen LogP contribution >= 0.6 is 0 Å². The molecule has 0 bridgehead atoms. The predicted octanol–water partition coefficient (Wildman–Crippen LogP) is 4.94. The van der Waals surface area contributed by atoms with Crippen LogP contribution in [0.5, 0.6) is 0 Å². The maximum absolute atomic E-state index is 11.8. The molecule has 0 saturated heterocycles. The first-order chi connectivity index (χ1) is 11.6. The standard InChI is InChI=1S/C20H39N3O/c1-4-5-6-7-8-9-10-11-12-13-14-15-16-17-18-19(21)20(24)23(3)22(18)2/h4-17,21H2,1-3H3. The number of hydrogen-bond donors (Lipinski definition) is 1. The number of hydrogen-bond acceptors (Lipinski definition) is 2. The Labute approximate surface area is 148 Å². The van der Waals surface area contributed by atoms with Gasteiger partial charge in [0.15, 0.2) is 0 Å². The van der Waals surface area contributed by atoms with Crippen molar-refractivity contribution in [3.63, 3.8) is 0 Å². The maximum Gasteiger partial charge on any atom is 0.289 e. The third-order valence-corrected chi connectivity index (χ3v) is 5.19. The summed E-state index contributed by atoms with van der Waals surface area (Å²) in [7, 11) is 3.68. The molecule has 0 aliphatic heterocycles. The van der Waals surface area contributed by atoms with Crippen LogP contribution in [0.15, 0.2) is 4.79 Å². The molecule has 0 fully saturated rings. The number of nitrogens with two attached hydrogens (primary N) is 1. The molecule has 2 N–H and O–H groups in total. The third-order valence-electron chi connectivity index (χ3n) is 5.19. The number of nitrogens with zero attached hydrogens (tertiary/aromatic N) is 2. The van der Waals surface area contributed by atoms with Gasteiger partial charge in [0, 0.05) is 14.1 Å². The molecule has 1 aromatic heterocycles. The summed E-state index contributed by atoms with van der Waals surface area (Å²) in [6.07, 6.45) is 18.6. The summed E-state index contributed by atoms with van der Waals surface area (Å²) in [5.74, 6) is 0. The third kappa shape index (κ3) is 7.14. The Bertz CT molecular complexity index is 502. The molecule has 4 nitrogen and oxygen atoms in total. The van der Waals surface area contributed by atoms with Crippen LogP contribution in [0.25, 0.3) is 0 Å². The highest BCUT2D eigenvalue weighted by molar-refractivity contribution is 5.41. The minimum Gasteiger partial charge on any atom is -0.393 e. The van der Waals surface area contributed by atoms with Crippen LogP contribution in [0.1, 0.15) is 96.1 Å². The van der Waals surface area contributed by atoms with Crippen LogP contribution in [0, 0.1) is 0 Å². The molecule has 140 valence electrons. The number of aromatic nitrogens is 2. The Morgan fingerprint density at radius 2 is 1.12 bits per heavy atom. The fourth-order valence-electron chi connectivity index (χ4n) is 3.40. The van der Waals surface area contributed by atoms with Crippen molar-refractivity contribution >= 4 is 5.69 Å². The van der Waals surface area contributed by atoms with E-state index in [1.54, 1.807) is 11.7 Å². The molecule has 0 unspecified atom stereocenters. The van der Waals surface area contributed by atoms with Crippen molar-refractivity contribution in [2.24, 2.45) is 14.1 Å². The van der Waals surface area contributed by atoms with Crippen LogP contribution in [0.3, 0.4) is 0 Å². The molecular weight excluding hydrogens is 298 g/mol. The summed E-state index contributed by atoms with van der Waals surface area (Å²) in [5, 5.41) is 0. The number of rotatable bonds is 14. The molecule has 0 spiro atoms. The van der Waals surface area contributed by atoms with Gasteiger partial charge < -0.3 is 5.73 Å². The maximum atomic E-state index is 11.8. The van der Waals surface area contributed by atoms with Gasteiger partial charge >= 0.3 is 0 Å². The molecule has 0 saturated carbocycles. The van der Waals surface area contributed by atoms with E-state index in [1.807, 2.05) is 11.7 Å². The monoisotopic (exact) mass is 337 g/mol. The van der Waals surface area contributed by atoms with Crippen molar-refractivity contribution in [1.82, 2.24) is 9.36 Å². The average Bonchev–Trinajstić information content (AvgIpc) is 2.76. The fourth-order valence-corrected chi connectivity index (χ4v) is 3.40. The van der Waals surface area contributed by atoms with Crippen LogP contribution in [0.2, 0.25) is 0 Å². The zero-order chi connectivity index (χ0) is 17.8. The normalized spacial score (nSPS) is 11.3. The van der Waals surface area contributed by atoms with Crippen molar-refractivity contribution < 1.29 is 0 Å². The lowest BCUT2D eigenvalue weighted by Crippen LogP contribution is -2.18. The Morgan fingerprint density at radius 1 is 0.708 bits per heavy atom. The minimum atomic E-state index is -0.0674. The summed E-state index contributed by atoms with van der Waals surface area (Å²) >= 11 is 0. The second-order valence-corrected chi connectivity index (χ2v) is 7.21. The Kier molecular flexibility index (Phi) is 10.6. The van der Waals surface area contributed by atoms with Crippen molar-refractivity contribution in [2.45, 2.75) is 96.8 Å². The van der Waals surface area contributed by atoms with Crippen LogP contribution in [0.4, 0.5) is 5.69 Å². The van der Waals surface area contributed by atoms with Crippen molar-refractivity contribution in [3.8, 4) is 0 Å². The second kappa shape index (κ2) is 12.2. The summed E-state index contributed by atoms with van der Waals surface area (Å²) in [4.78, 5) is 11.8. The molecular formula is C20H39N3O. The summed E-state index contributed by atoms with van der Waals surface area (Å²) in [6.45, 7) is 2.27. The highest BCUT2D eigenvalue weighted by atomic mass is 16.1. The van der Waals surface area contributed by atoms with E-state index in [0.717, 1.165) is 18.5 Å². The summed E-state index contributed by atoms with van der Waals surface area (Å²) < 4.78 is 3.48. The molecule has 1 aromatic rings. The molecule has 24 heavy (non-hydrogen) atoms. The van der Waals surface area contributed by atoms with Gasteiger partial charge in [-0.2, -0.15) is 0 Å². The summed E-state index contributed by atoms with van der Waals surface area (Å²) in [6, 6.07) is 0. The Hall–Kier alpha value is -1.19. The van der Waals surface area contributed by atoms with Crippen LogP contribution < -0.4 is 11.3 Å². The number of anilines is 1. The molecule has 0 aromatic carbocycles. The van der Waals surface area contributed by atoms with Gasteiger partial charge in [0.1, 0.15) is 5.69 Å². The molecule has 1 rings (SSSR count). The Morgan fingerprint density at radius 3 is 1.50 bits per heavy atom. The van der Waals surface area contributed by atoms with Gasteiger partial charge in [-0.05, 0) is 12.8 Å². The van der Waals surface area contributed by atoms with Gasteiger partial charge in [-0.3, -0.25) is 14.2 Å². The minimum absolute atomic E-state index is 0.0674. The molecule has 0 amide bonds. The molecule has 0 aliphatic carbocycles. The van der Waals surface area contributed by atoms with E-state index in [4.69, 9.17) is 5.73 Å². The van der Waals surface area contributed by atoms with E-state index < -0.39 is 0 Å². The largest absolute Gasteiger partial charge is 0.393 e. The lowest BCUT2D eigenvalue weighted by Gasteiger charge is -2.06. The van der Waals surface area contributed by atoms with Crippen molar-refractivity contribution in [2.75, 3.05) is 5.73 Å². The Balaban J connectivity index is 1.96. The zero-order valence-electron chi connectivity index (χ0n) is 16.3. The molecule has 0 radical (unpaired) electrons. The zero-order valence-corrected chi connectivity index (χ0v) is 16.3. The van der Waals surface area contributed by atoms with Crippen LogP contribution in [-0.4, -0.2) is 9.36 Å². The van der Waals surface area contributed by atoms with Gasteiger partial charge in [0.05, 0.1) is 5.69 Å². The first-order valence-corrected chi connectivity index (χ1v) is 10.1. The second-order valence-electron chi connectivity index (χ2n) is 7.21. The van der Waals surface area contributed by atoms with E-state index in [0.29, 0.717) is 5.69 Å². The van der Waals surface area contributed by atoms with Crippen molar-refractivity contribution in [1.29, 1.82) is 0 Å². The van der Waals surface area contributed by atoms with E-state index in [9.17, 15) is 4.79 Å². The molecule has 4 heteroatoms. The lowest BCUT2D eigenvalue weighted by molar-refractivity contribution is 0.527. The lowest BCUT2D eigenvalue weighted by atomic mass is 10.0. The molecule has 0 aliphatic rings. The van der Waals surface area contributed by atoms with E-state index in [2.05, 4.69) is 6.92 Å². The predicted molar refractivity (Wildman–Crippen MR) is 104 cm³/mol. The first-order valence-electron chi connectivity index (χ1n) is 10.1.